The topological polar surface area (TPSA) is 102 Å². The summed E-state index contributed by atoms with van der Waals surface area (Å²) in [6.45, 7) is 5.20. The normalized spacial score (nSPS) is 21.7. The molecule has 42 heavy (non-hydrogen) atoms. The van der Waals surface area contributed by atoms with Crippen molar-refractivity contribution >= 4 is 22.5 Å². The Bertz CT molecular complexity index is 1920. The number of hydrogen-bond donors (Lipinski definition) is 2. The number of aromatic hydroxyl groups is 1. The molecule has 0 radical (unpaired) electrons. The van der Waals surface area contributed by atoms with E-state index in [-0.39, 0.29) is 23.7 Å². The third-order valence-electron chi connectivity index (χ3n) is 9.78. The number of amides is 1. The summed E-state index contributed by atoms with van der Waals surface area (Å²) in [5, 5.41) is 16.1. The fourth-order valence-electron chi connectivity index (χ4n) is 7.20. The minimum absolute atomic E-state index is 0.0000800. The van der Waals surface area contributed by atoms with Gasteiger partial charge in [-0.05, 0) is 81.7 Å². The largest absolute Gasteiger partial charge is 0.508 e. The van der Waals surface area contributed by atoms with Crippen molar-refractivity contribution in [3.63, 3.8) is 0 Å². The lowest BCUT2D eigenvalue weighted by Gasteiger charge is -2.27. The van der Waals surface area contributed by atoms with E-state index in [2.05, 4.69) is 10.6 Å². The van der Waals surface area contributed by atoms with Gasteiger partial charge < -0.3 is 20.3 Å². The van der Waals surface area contributed by atoms with Crippen molar-refractivity contribution in [2.75, 3.05) is 6.54 Å². The fraction of sp³-hybridized carbons (Fsp3) is 0.364. The summed E-state index contributed by atoms with van der Waals surface area (Å²) in [7, 11) is 0. The summed E-state index contributed by atoms with van der Waals surface area (Å²) in [6.07, 6.45) is 5.93. The molecule has 2 saturated carbocycles. The zero-order valence-electron chi connectivity index (χ0n) is 23.7. The minimum atomic E-state index is -0.463. The molecule has 5 aromatic rings. The van der Waals surface area contributed by atoms with Crippen molar-refractivity contribution in [1.82, 2.24) is 24.1 Å². The molecule has 3 N–H and O–H groups in total. The number of aromatic nitrogens is 4. The van der Waals surface area contributed by atoms with Crippen molar-refractivity contribution in [1.29, 1.82) is 0 Å². The molecule has 3 atom stereocenters. The molecule has 3 aliphatic rings. The number of likely N-dealkylation sites (tertiary alicyclic amines) is 1. The van der Waals surface area contributed by atoms with Crippen LogP contribution in [0.3, 0.4) is 0 Å². The Morgan fingerprint density at radius 1 is 1.10 bits per heavy atom. The highest BCUT2D eigenvalue weighted by Crippen LogP contribution is 2.40. The Hall–Kier alpha value is -4.24. The lowest BCUT2D eigenvalue weighted by molar-refractivity contribution is 0.0699. The number of carbonyl (C=O) groups excluding carboxylic acids is 1. The van der Waals surface area contributed by atoms with Crippen LogP contribution in [0.15, 0.2) is 48.7 Å². The van der Waals surface area contributed by atoms with Crippen molar-refractivity contribution in [3.05, 3.63) is 71.2 Å². The van der Waals surface area contributed by atoms with Gasteiger partial charge in [0.15, 0.2) is 0 Å². The van der Waals surface area contributed by atoms with Crippen molar-refractivity contribution in [2.45, 2.75) is 58.2 Å². The van der Waals surface area contributed by atoms with E-state index in [1.165, 1.54) is 10.6 Å². The van der Waals surface area contributed by atoms with Gasteiger partial charge in [0.25, 0.3) is 5.91 Å². The first-order valence-corrected chi connectivity index (χ1v) is 14.8. The van der Waals surface area contributed by atoms with E-state index >= 15 is 4.39 Å². The molecule has 2 aliphatic carbocycles. The van der Waals surface area contributed by atoms with Gasteiger partial charge in [-0.1, -0.05) is 12.1 Å². The smallest absolute Gasteiger partial charge is 0.255 e. The van der Waals surface area contributed by atoms with Crippen LogP contribution >= 0.6 is 0 Å². The third-order valence-corrected chi connectivity index (χ3v) is 9.78. The quantitative estimate of drug-likeness (QED) is 0.296. The molecular formula is C33H33FN6O2. The standard InChI is InChI=1S/C33H33FN6O2/c1-17-23(4-3-5-28(17)41)25-10-8-20-13-27(38(32(20)36-25)14-19-6-7-19)30-18(2)31-24(34)12-22(16-40(31)37-30)33(42)39-15-21-9-11-26(39)29(21)35/h3-5,8,10,12-13,16,19,21,26,29,41H,6-7,9,11,14-15,35H2,1-2H3/t21?,26?,29-/m1/s1. The average Bonchev–Trinajstić information content (AvgIpc) is 3.38. The number of phenols is 1. The molecule has 2 bridgehead atoms. The van der Waals surface area contributed by atoms with Gasteiger partial charge in [0.05, 0.1) is 17.0 Å². The number of carbonyl (C=O) groups is 1. The molecule has 1 amide bonds. The molecule has 8 nitrogen and oxygen atoms in total. The predicted molar refractivity (Wildman–Crippen MR) is 159 cm³/mol. The van der Waals surface area contributed by atoms with Gasteiger partial charge in [-0.15, -0.1) is 0 Å². The number of aryl methyl sites for hydroxylation is 1. The van der Waals surface area contributed by atoms with Crippen LogP contribution in [0.25, 0.3) is 39.2 Å². The van der Waals surface area contributed by atoms with E-state index in [1.807, 2.05) is 43.0 Å². The second-order valence-corrected chi connectivity index (χ2v) is 12.4. The van der Waals surface area contributed by atoms with Gasteiger partial charge in [-0.3, -0.25) is 4.79 Å². The Morgan fingerprint density at radius 2 is 1.93 bits per heavy atom. The van der Waals surface area contributed by atoms with Crippen molar-refractivity contribution in [2.24, 2.45) is 17.6 Å². The Balaban J connectivity index is 1.24. The number of pyridine rings is 2. The number of hydrogen-bond acceptors (Lipinski definition) is 5. The van der Waals surface area contributed by atoms with E-state index in [9.17, 15) is 9.90 Å². The molecule has 3 fully saturated rings. The Morgan fingerprint density at radius 3 is 2.67 bits per heavy atom. The predicted octanol–water partition coefficient (Wildman–Crippen LogP) is 5.45. The highest BCUT2D eigenvalue weighted by atomic mass is 19.1. The zero-order chi connectivity index (χ0) is 28.9. The number of benzene rings is 1. The van der Waals surface area contributed by atoms with Crippen LogP contribution in [0.2, 0.25) is 0 Å². The Kier molecular flexibility index (Phi) is 5.54. The Labute approximate surface area is 242 Å². The molecule has 1 aliphatic heterocycles. The van der Waals surface area contributed by atoms with Crippen LogP contribution < -0.4 is 5.73 Å². The maximum absolute atomic E-state index is 15.7. The minimum Gasteiger partial charge on any atom is -0.508 e. The summed E-state index contributed by atoms with van der Waals surface area (Å²) in [6, 6.07) is 12.9. The molecule has 0 spiro atoms. The molecule has 2 unspecified atom stereocenters. The zero-order valence-corrected chi connectivity index (χ0v) is 23.7. The molecular weight excluding hydrogens is 531 g/mol. The van der Waals surface area contributed by atoms with Gasteiger partial charge in [0.2, 0.25) is 0 Å². The van der Waals surface area contributed by atoms with Crippen LogP contribution in [0.5, 0.6) is 5.75 Å². The molecule has 1 saturated heterocycles. The number of rotatable bonds is 5. The second-order valence-electron chi connectivity index (χ2n) is 12.4. The van der Waals surface area contributed by atoms with Gasteiger partial charge in [-0.25, -0.2) is 13.9 Å². The van der Waals surface area contributed by atoms with Gasteiger partial charge in [-0.2, -0.15) is 5.10 Å². The van der Waals surface area contributed by atoms with Crippen LogP contribution in [-0.4, -0.2) is 53.7 Å². The van der Waals surface area contributed by atoms with Crippen molar-refractivity contribution in [3.8, 4) is 28.4 Å². The second kappa shape index (κ2) is 9.13. The van der Waals surface area contributed by atoms with Gasteiger partial charge >= 0.3 is 0 Å². The number of halogens is 1. The first-order valence-electron chi connectivity index (χ1n) is 14.8. The maximum atomic E-state index is 15.7. The molecule has 5 heterocycles. The molecule has 4 aromatic heterocycles. The SMILES string of the molecule is Cc1c(O)cccc1-c1ccc2cc(-c3nn4cc(C(=O)N5CC6CCC5[C@@H]6N)cc(F)c4c3C)n(CC3CC3)c2n1. The van der Waals surface area contributed by atoms with E-state index in [0.717, 1.165) is 71.3 Å². The highest BCUT2D eigenvalue weighted by Gasteiger charge is 2.47. The van der Waals surface area contributed by atoms with Crippen molar-refractivity contribution < 1.29 is 14.3 Å². The van der Waals surface area contributed by atoms with Crippen LogP contribution in [-0.2, 0) is 6.54 Å². The summed E-state index contributed by atoms with van der Waals surface area (Å²) < 4.78 is 19.4. The number of phenolic OH excluding ortho intramolecular Hbond substituents is 1. The van der Waals surface area contributed by atoms with Gasteiger partial charge in [0, 0.05) is 53.4 Å². The lowest BCUT2D eigenvalue weighted by Crippen LogP contribution is -2.41. The van der Waals surface area contributed by atoms with Gasteiger partial charge in [0.1, 0.15) is 28.4 Å². The number of piperidine rings is 1. The monoisotopic (exact) mass is 564 g/mol. The molecule has 9 heteroatoms. The fourth-order valence-corrected chi connectivity index (χ4v) is 7.20. The molecule has 8 rings (SSSR count). The van der Waals surface area contributed by atoms with Crippen LogP contribution in [0.1, 0.15) is 47.2 Å². The molecule has 214 valence electrons. The van der Waals surface area contributed by atoms with E-state index in [0.29, 0.717) is 35.2 Å². The first-order chi connectivity index (χ1) is 20.3. The van der Waals surface area contributed by atoms with Crippen LogP contribution in [0.4, 0.5) is 4.39 Å². The third kappa shape index (κ3) is 3.79. The molecule has 1 aromatic carbocycles. The summed E-state index contributed by atoms with van der Waals surface area (Å²) in [4.78, 5) is 20.4. The number of nitrogens with two attached hydrogens (primary N) is 1. The maximum Gasteiger partial charge on any atom is 0.255 e. The van der Waals surface area contributed by atoms with E-state index in [1.54, 1.807) is 12.3 Å². The first kappa shape index (κ1) is 25.5. The van der Waals surface area contributed by atoms with E-state index < -0.39 is 5.82 Å². The number of nitrogens with zero attached hydrogens (tertiary/aromatic N) is 5. The lowest BCUT2D eigenvalue weighted by atomic mass is 10.0. The van der Waals surface area contributed by atoms with Crippen LogP contribution in [0, 0.1) is 31.5 Å². The number of fused-ring (bicyclic) bond motifs is 4. The average molecular weight is 565 g/mol. The highest BCUT2D eigenvalue weighted by molar-refractivity contribution is 5.95. The van der Waals surface area contributed by atoms with E-state index in [4.69, 9.17) is 15.8 Å². The summed E-state index contributed by atoms with van der Waals surface area (Å²) in [5.41, 5.74) is 12.6. The summed E-state index contributed by atoms with van der Waals surface area (Å²) >= 11 is 0. The summed E-state index contributed by atoms with van der Waals surface area (Å²) in [5.74, 6) is 0.479.